The largest absolute Gasteiger partial charge is 0.465 e. The van der Waals surface area contributed by atoms with E-state index in [-0.39, 0.29) is 17.1 Å². The van der Waals surface area contributed by atoms with Crippen LogP contribution in [0.1, 0.15) is 49.2 Å². The molecule has 0 bridgehead atoms. The molecule has 0 fully saturated rings. The van der Waals surface area contributed by atoms with Crippen molar-refractivity contribution in [3.05, 3.63) is 115 Å². The summed E-state index contributed by atoms with van der Waals surface area (Å²) in [6.45, 7) is 2.30. The van der Waals surface area contributed by atoms with Crippen molar-refractivity contribution in [1.29, 1.82) is 0 Å². The summed E-state index contributed by atoms with van der Waals surface area (Å²) in [5.74, 6) is -0.755. The van der Waals surface area contributed by atoms with Gasteiger partial charge in [0.2, 0.25) is 5.76 Å². The highest BCUT2D eigenvalue weighted by Gasteiger charge is 2.42. The van der Waals surface area contributed by atoms with Crippen molar-refractivity contribution < 1.29 is 18.7 Å². The SMILES string of the molecule is COC(=O)c1ccc([C@@H]2c3c(oc4ccc(Br)cc4c3=O)C(=O)N2Cc2ccc(C)cc2)cc1. The minimum Gasteiger partial charge on any atom is -0.465 e. The molecule has 0 unspecified atom stereocenters. The van der Waals surface area contributed by atoms with Crippen LogP contribution in [-0.2, 0) is 11.3 Å². The Labute approximate surface area is 203 Å². The van der Waals surface area contributed by atoms with Crippen molar-refractivity contribution >= 4 is 38.8 Å². The maximum absolute atomic E-state index is 13.6. The van der Waals surface area contributed by atoms with Crippen LogP contribution in [0.4, 0.5) is 0 Å². The molecule has 0 N–H and O–H groups in total. The minimum absolute atomic E-state index is 0.0500. The molecule has 0 radical (unpaired) electrons. The lowest BCUT2D eigenvalue weighted by Crippen LogP contribution is -2.29. The van der Waals surface area contributed by atoms with Gasteiger partial charge in [-0.05, 0) is 48.4 Å². The predicted octanol–water partition coefficient (Wildman–Crippen LogP) is 5.40. The third-order valence-electron chi connectivity index (χ3n) is 6.05. The molecule has 170 valence electrons. The van der Waals surface area contributed by atoms with Gasteiger partial charge in [0.15, 0.2) is 5.43 Å². The number of ether oxygens (including phenoxy) is 1. The van der Waals surface area contributed by atoms with Crippen LogP contribution in [0.2, 0.25) is 0 Å². The van der Waals surface area contributed by atoms with Gasteiger partial charge in [-0.25, -0.2) is 4.79 Å². The number of carbonyl (C=O) groups is 2. The van der Waals surface area contributed by atoms with Crippen molar-refractivity contribution in [3.8, 4) is 0 Å². The fourth-order valence-electron chi connectivity index (χ4n) is 4.31. The van der Waals surface area contributed by atoms with Crippen LogP contribution in [0.15, 0.2) is 80.4 Å². The molecule has 3 aromatic carbocycles. The molecular weight excluding hydrogens is 498 g/mol. The first-order valence-corrected chi connectivity index (χ1v) is 11.5. The number of aryl methyl sites for hydroxylation is 1. The van der Waals surface area contributed by atoms with E-state index in [0.29, 0.717) is 34.2 Å². The minimum atomic E-state index is -0.657. The molecule has 5 rings (SSSR count). The van der Waals surface area contributed by atoms with E-state index in [4.69, 9.17) is 9.15 Å². The van der Waals surface area contributed by atoms with Gasteiger partial charge in [-0.1, -0.05) is 57.9 Å². The summed E-state index contributed by atoms with van der Waals surface area (Å²) in [6, 6.07) is 19.1. The summed E-state index contributed by atoms with van der Waals surface area (Å²) >= 11 is 3.41. The van der Waals surface area contributed by atoms with Crippen LogP contribution in [0.25, 0.3) is 11.0 Å². The van der Waals surface area contributed by atoms with Crippen LogP contribution in [0, 0.1) is 6.92 Å². The van der Waals surface area contributed by atoms with Gasteiger partial charge in [0.25, 0.3) is 5.91 Å². The Morgan fingerprint density at radius 1 is 1.03 bits per heavy atom. The molecule has 2 heterocycles. The summed E-state index contributed by atoms with van der Waals surface area (Å²) in [6.07, 6.45) is 0. The van der Waals surface area contributed by atoms with Gasteiger partial charge in [-0.2, -0.15) is 0 Å². The summed E-state index contributed by atoms with van der Waals surface area (Å²) in [5, 5.41) is 0.397. The second-order valence-corrected chi connectivity index (χ2v) is 9.16. The number of methoxy groups -OCH3 is 1. The number of nitrogens with zero attached hydrogens (tertiary/aromatic N) is 1. The van der Waals surface area contributed by atoms with Crippen LogP contribution < -0.4 is 5.43 Å². The smallest absolute Gasteiger partial charge is 0.337 e. The van der Waals surface area contributed by atoms with Crippen LogP contribution >= 0.6 is 15.9 Å². The average Bonchev–Trinajstić information content (AvgIpc) is 3.12. The summed E-state index contributed by atoms with van der Waals surface area (Å²) in [4.78, 5) is 40.7. The Kier molecular flexibility index (Phi) is 5.57. The van der Waals surface area contributed by atoms with Crippen LogP contribution in [0.3, 0.4) is 0 Å². The number of rotatable bonds is 4. The molecular formula is C27H20BrNO5. The highest BCUT2D eigenvalue weighted by atomic mass is 79.9. The highest BCUT2D eigenvalue weighted by molar-refractivity contribution is 9.10. The molecule has 0 spiro atoms. The van der Waals surface area contributed by atoms with Crippen LogP contribution in [0.5, 0.6) is 0 Å². The van der Waals surface area contributed by atoms with Gasteiger partial charge in [-0.3, -0.25) is 9.59 Å². The highest BCUT2D eigenvalue weighted by Crippen LogP contribution is 2.39. The predicted molar refractivity (Wildman–Crippen MR) is 131 cm³/mol. The molecule has 1 aromatic heterocycles. The average molecular weight is 518 g/mol. The van der Waals surface area contributed by atoms with Crippen molar-refractivity contribution in [2.75, 3.05) is 7.11 Å². The number of fused-ring (bicyclic) bond motifs is 2. The van der Waals surface area contributed by atoms with E-state index < -0.39 is 12.0 Å². The number of hydrogen-bond donors (Lipinski definition) is 0. The first-order valence-electron chi connectivity index (χ1n) is 10.7. The van der Waals surface area contributed by atoms with E-state index >= 15 is 0 Å². The zero-order valence-electron chi connectivity index (χ0n) is 18.5. The second-order valence-electron chi connectivity index (χ2n) is 8.25. The monoisotopic (exact) mass is 517 g/mol. The third-order valence-corrected chi connectivity index (χ3v) is 6.54. The summed E-state index contributed by atoms with van der Waals surface area (Å²) in [7, 11) is 1.32. The van der Waals surface area contributed by atoms with Crippen molar-refractivity contribution in [2.45, 2.75) is 19.5 Å². The molecule has 1 aliphatic rings. The lowest BCUT2D eigenvalue weighted by molar-refractivity contribution is 0.0599. The Hall–Kier alpha value is -3.71. The van der Waals surface area contributed by atoms with Gasteiger partial charge in [0, 0.05) is 11.0 Å². The van der Waals surface area contributed by atoms with E-state index in [1.54, 1.807) is 47.4 Å². The van der Waals surface area contributed by atoms with Crippen molar-refractivity contribution in [2.24, 2.45) is 0 Å². The summed E-state index contributed by atoms with van der Waals surface area (Å²) < 4.78 is 11.5. The molecule has 6 nitrogen and oxygen atoms in total. The van der Waals surface area contributed by atoms with Gasteiger partial charge in [0.1, 0.15) is 5.58 Å². The molecule has 1 amide bonds. The normalized spacial score (nSPS) is 15.0. The van der Waals surface area contributed by atoms with Gasteiger partial charge in [-0.15, -0.1) is 0 Å². The van der Waals surface area contributed by atoms with E-state index in [0.717, 1.165) is 15.6 Å². The number of benzene rings is 3. The number of carbonyl (C=O) groups excluding carboxylic acids is 2. The summed E-state index contributed by atoms with van der Waals surface area (Å²) in [5.41, 5.74) is 3.54. The topological polar surface area (TPSA) is 76.8 Å². The number of esters is 1. The Bertz CT molecular complexity index is 1490. The number of amides is 1. The maximum atomic E-state index is 13.6. The first kappa shape index (κ1) is 22.1. The fourth-order valence-corrected chi connectivity index (χ4v) is 4.67. The van der Waals surface area contributed by atoms with Crippen molar-refractivity contribution in [1.82, 2.24) is 4.90 Å². The van der Waals surface area contributed by atoms with E-state index in [1.165, 1.54) is 7.11 Å². The lowest BCUT2D eigenvalue weighted by atomic mass is 9.97. The Morgan fingerprint density at radius 3 is 2.41 bits per heavy atom. The molecule has 0 saturated heterocycles. The zero-order chi connectivity index (χ0) is 24.0. The zero-order valence-corrected chi connectivity index (χ0v) is 20.1. The van der Waals surface area contributed by atoms with Crippen LogP contribution in [-0.4, -0.2) is 23.9 Å². The molecule has 7 heteroatoms. The van der Waals surface area contributed by atoms with Gasteiger partial charge < -0.3 is 14.1 Å². The number of halogens is 1. The lowest BCUT2D eigenvalue weighted by Gasteiger charge is -2.25. The molecule has 0 aliphatic carbocycles. The van der Waals surface area contributed by atoms with E-state index in [2.05, 4.69) is 15.9 Å². The second kappa shape index (κ2) is 8.57. The van der Waals surface area contributed by atoms with Crippen molar-refractivity contribution in [3.63, 3.8) is 0 Å². The quantitative estimate of drug-likeness (QED) is 0.339. The van der Waals surface area contributed by atoms with Gasteiger partial charge >= 0.3 is 5.97 Å². The first-order chi connectivity index (χ1) is 16.4. The van der Waals surface area contributed by atoms with Gasteiger partial charge in [0.05, 0.1) is 29.7 Å². The Morgan fingerprint density at radius 2 is 1.74 bits per heavy atom. The molecule has 4 aromatic rings. The molecule has 34 heavy (non-hydrogen) atoms. The molecule has 1 atom stereocenters. The van der Waals surface area contributed by atoms with E-state index in [9.17, 15) is 14.4 Å². The Balaban J connectivity index is 1.68. The standard InChI is InChI=1S/C27H20BrNO5/c1-15-3-5-16(6-4-15)14-29-23(17-7-9-18(10-8-17)27(32)33-2)22-24(30)20-13-19(28)11-12-21(20)34-25(22)26(29)31/h3-13,23H,14H2,1-2H3/t23-/m1/s1. The van der Waals surface area contributed by atoms with E-state index in [1.807, 2.05) is 31.2 Å². The fraction of sp³-hybridized carbons (Fsp3) is 0.148. The number of hydrogen-bond acceptors (Lipinski definition) is 5. The molecule has 0 saturated carbocycles. The molecule has 1 aliphatic heterocycles. The maximum Gasteiger partial charge on any atom is 0.337 e. The third kappa shape index (κ3) is 3.72.